The second-order valence-electron chi connectivity index (χ2n) is 4.27. The van der Waals surface area contributed by atoms with E-state index in [1.807, 2.05) is 31.2 Å². The molecule has 0 bridgehead atoms. The Balaban J connectivity index is 1.76. The van der Waals surface area contributed by atoms with Crippen molar-refractivity contribution < 1.29 is 9.53 Å². The van der Waals surface area contributed by atoms with Gasteiger partial charge < -0.3 is 10.1 Å². The lowest BCUT2D eigenvalue weighted by Gasteiger charge is -2.01. The smallest absolute Gasteiger partial charge is 0.305 e. The van der Waals surface area contributed by atoms with Gasteiger partial charge in [0.1, 0.15) is 0 Å². The van der Waals surface area contributed by atoms with Gasteiger partial charge in [-0.3, -0.25) is 4.79 Å². The molecule has 1 heterocycles. The van der Waals surface area contributed by atoms with E-state index in [1.165, 1.54) is 11.3 Å². The minimum Gasteiger partial charge on any atom is -0.466 e. The van der Waals surface area contributed by atoms with Gasteiger partial charge in [-0.2, -0.15) is 0 Å². The Morgan fingerprint density at radius 2 is 2.32 bits per heavy atom. The van der Waals surface area contributed by atoms with Gasteiger partial charge in [-0.25, -0.2) is 0 Å². The highest BCUT2D eigenvalue weighted by atomic mass is 35.5. The maximum atomic E-state index is 11.2. The largest absolute Gasteiger partial charge is 0.466 e. The summed E-state index contributed by atoms with van der Waals surface area (Å²) in [4.78, 5) is 11.2. The van der Waals surface area contributed by atoms with E-state index in [-0.39, 0.29) is 5.97 Å². The molecule has 8 heteroatoms. The molecule has 0 unspecified atom stereocenters. The Labute approximate surface area is 142 Å². The zero-order valence-electron chi connectivity index (χ0n) is 12.0. The number of nitrogens with zero attached hydrogens (tertiary/aromatic N) is 2. The van der Waals surface area contributed by atoms with Crippen LogP contribution in [0.4, 0.5) is 10.8 Å². The van der Waals surface area contributed by atoms with Crippen molar-refractivity contribution in [2.24, 2.45) is 0 Å². The lowest BCUT2D eigenvalue weighted by molar-refractivity contribution is -0.143. The molecule has 0 spiro atoms. The quantitative estimate of drug-likeness (QED) is 0.430. The van der Waals surface area contributed by atoms with Crippen molar-refractivity contribution in [3.05, 3.63) is 29.3 Å². The first-order valence-corrected chi connectivity index (χ1v) is 9.00. The normalized spacial score (nSPS) is 10.5. The third-order valence-electron chi connectivity index (χ3n) is 2.54. The highest BCUT2D eigenvalue weighted by Crippen LogP contribution is 2.28. The van der Waals surface area contributed by atoms with E-state index in [0.717, 1.165) is 27.3 Å². The van der Waals surface area contributed by atoms with Gasteiger partial charge >= 0.3 is 5.97 Å². The molecule has 1 aromatic carbocycles. The van der Waals surface area contributed by atoms with Crippen molar-refractivity contribution in [3.8, 4) is 0 Å². The molecule has 0 aliphatic carbocycles. The van der Waals surface area contributed by atoms with Crippen molar-refractivity contribution in [1.29, 1.82) is 0 Å². The maximum Gasteiger partial charge on any atom is 0.305 e. The highest BCUT2D eigenvalue weighted by molar-refractivity contribution is 8.01. The van der Waals surface area contributed by atoms with Gasteiger partial charge in [-0.05, 0) is 31.5 Å². The number of anilines is 2. The number of carbonyl (C=O) groups excluding carboxylic acids is 1. The monoisotopic (exact) mass is 357 g/mol. The lowest BCUT2D eigenvalue weighted by Crippen LogP contribution is -2.03. The van der Waals surface area contributed by atoms with Gasteiger partial charge in [0.25, 0.3) is 0 Å². The number of esters is 1. The maximum absolute atomic E-state index is 11.2. The van der Waals surface area contributed by atoms with Crippen molar-refractivity contribution >= 4 is 51.5 Å². The van der Waals surface area contributed by atoms with E-state index in [0.29, 0.717) is 18.1 Å². The number of rotatable bonds is 8. The highest BCUT2D eigenvalue weighted by Gasteiger charge is 2.07. The predicted molar refractivity (Wildman–Crippen MR) is 91.2 cm³/mol. The molecule has 5 nitrogen and oxygen atoms in total. The number of nitrogens with one attached hydrogen (secondary N) is 1. The summed E-state index contributed by atoms with van der Waals surface area (Å²) in [6, 6.07) is 7.43. The Hall–Kier alpha value is -1.31. The van der Waals surface area contributed by atoms with E-state index in [1.54, 1.807) is 11.8 Å². The van der Waals surface area contributed by atoms with Crippen LogP contribution in [0.15, 0.2) is 28.6 Å². The summed E-state index contributed by atoms with van der Waals surface area (Å²) in [6.45, 7) is 2.24. The Morgan fingerprint density at radius 3 is 3.09 bits per heavy atom. The molecule has 0 atom stereocenters. The molecule has 118 valence electrons. The van der Waals surface area contributed by atoms with Crippen LogP contribution in [0.25, 0.3) is 0 Å². The number of carbonyl (C=O) groups is 1. The molecule has 1 N–H and O–H groups in total. The molecule has 2 rings (SSSR count). The minimum absolute atomic E-state index is 0.149. The predicted octanol–water partition coefficient (Wildman–Crippen LogP) is 4.37. The topological polar surface area (TPSA) is 64.1 Å². The molecule has 0 saturated heterocycles. The van der Waals surface area contributed by atoms with Crippen LogP contribution in [-0.4, -0.2) is 28.5 Å². The molecule has 0 fully saturated rings. The van der Waals surface area contributed by atoms with Crippen LogP contribution in [0.1, 0.15) is 19.8 Å². The van der Waals surface area contributed by atoms with Crippen molar-refractivity contribution in [2.45, 2.75) is 24.1 Å². The number of thioether (sulfide) groups is 1. The fraction of sp³-hybridized carbons (Fsp3) is 0.357. The number of hydrogen-bond donors (Lipinski definition) is 1. The Kier molecular flexibility index (Phi) is 6.95. The van der Waals surface area contributed by atoms with Gasteiger partial charge in [0.05, 0.1) is 6.61 Å². The first kappa shape index (κ1) is 17.1. The van der Waals surface area contributed by atoms with Crippen LogP contribution in [0.3, 0.4) is 0 Å². The second-order valence-corrected chi connectivity index (χ2v) is 7.02. The molecule has 0 amide bonds. The molecule has 22 heavy (non-hydrogen) atoms. The van der Waals surface area contributed by atoms with Gasteiger partial charge in [-0.15, -0.1) is 10.2 Å². The number of benzene rings is 1. The average Bonchev–Trinajstić information content (AvgIpc) is 2.91. The van der Waals surface area contributed by atoms with E-state index in [9.17, 15) is 4.79 Å². The molecule has 0 radical (unpaired) electrons. The van der Waals surface area contributed by atoms with Gasteiger partial charge in [-0.1, -0.05) is 40.8 Å². The molecule has 0 aliphatic rings. The first-order chi connectivity index (χ1) is 10.7. The fourth-order valence-corrected chi connectivity index (χ4v) is 3.59. The van der Waals surface area contributed by atoms with Crippen molar-refractivity contribution in [1.82, 2.24) is 10.2 Å². The van der Waals surface area contributed by atoms with E-state index in [4.69, 9.17) is 16.3 Å². The number of ether oxygens (including phenoxy) is 1. The van der Waals surface area contributed by atoms with Crippen LogP contribution in [0.5, 0.6) is 0 Å². The second kappa shape index (κ2) is 8.97. The SMILES string of the molecule is CCOC(=O)CCCSc1nnc(Nc2cccc(Cl)c2)s1. The Bertz CT molecular complexity index is 622. The summed E-state index contributed by atoms with van der Waals surface area (Å²) in [7, 11) is 0. The average molecular weight is 358 g/mol. The van der Waals surface area contributed by atoms with E-state index >= 15 is 0 Å². The van der Waals surface area contributed by atoms with Crippen LogP contribution in [0.2, 0.25) is 5.02 Å². The fourth-order valence-electron chi connectivity index (χ4n) is 1.62. The standard InChI is InChI=1S/C14H16ClN3O2S2/c1-2-20-12(19)7-4-8-21-14-18-17-13(22-14)16-11-6-3-5-10(15)9-11/h3,5-6,9H,2,4,7-8H2,1H3,(H,16,17). The number of aromatic nitrogens is 2. The van der Waals surface area contributed by atoms with Gasteiger partial charge in [0.15, 0.2) is 4.34 Å². The van der Waals surface area contributed by atoms with Crippen LogP contribution >= 0.6 is 34.7 Å². The van der Waals surface area contributed by atoms with Crippen LogP contribution in [-0.2, 0) is 9.53 Å². The molecule has 0 aliphatic heterocycles. The Morgan fingerprint density at radius 1 is 1.45 bits per heavy atom. The van der Waals surface area contributed by atoms with E-state index in [2.05, 4.69) is 15.5 Å². The summed E-state index contributed by atoms with van der Waals surface area (Å²) in [5, 5.41) is 12.7. The van der Waals surface area contributed by atoms with Crippen molar-refractivity contribution in [2.75, 3.05) is 17.7 Å². The number of halogens is 1. The van der Waals surface area contributed by atoms with Gasteiger partial charge in [0, 0.05) is 22.9 Å². The van der Waals surface area contributed by atoms with Crippen molar-refractivity contribution in [3.63, 3.8) is 0 Å². The third kappa shape index (κ3) is 5.82. The number of hydrogen-bond acceptors (Lipinski definition) is 7. The van der Waals surface area contributed by atoms with Crippen LogP contribution < -0.4 is 5.32 Å². The molecular weight excluding hydrogens is 342 g/mol. The van der Waals surface area contributed by atoms with Crippen LogP contribution in [0, 0.1) is 0 Å². The summed E-state index contributed by atoms with van der Waals surface area (Å²) < 4.78 is 5.75. The minimum atomic E-state index is -0.149. The molecule has 0 saturated carbocycles. The van der Waals surface area contributed by atoms with Gasteiger partial charge in [0.2, 0.25) is 5.13 Å². The summed E-state index contributed by atoms with van der Waals surface area (Å²) in [5.41, 5.74) is 0.877. The zero-order chi connectivity index (χ0) is 15.8. The zero-order valence-corrected chi connectivity index (χ0v) is 14.4. The molecule has 2 aromatic rings. The molecular formula is C14H16ClN3O2S2. The summed E-state index contributed by atoms with van der Waals surface area (Å²) in [6.07, 6.45) is 1.20. The lowest BCUT2D eigenvalue weighted by atomic mass is 10.3. The molecule has 1 aromatic heterocycles. The third-order valence-corrected chi connectivity index (χ3v) is 4.83. The van der Waals surface area contributed by atoms with E-state index < -0.39 is 0 Å². The summed E-state index contributed by atoms with van der Waals surface area (Å²) in [5.74, 6) is 0.661. The first-order valence-electron chi connectivity index (χ1n) is 6.82. The summed E-state index contributed by atoms with van der Waals surface area (Å²) >= 11 is 8.99.